The zero-order valence-corrected chi connectivity index (χ0v) is 11.8. The average Bonchev–Trinajstić information content (AvgIpc) is 2.38. The van der Waals surface area contributed by atoms with Crippen molar-refractivity contribution in [1.82, 2.24) is 0 Å². The number of alkyl halides is 3. The third-order valence-corrected chi connectivity index (χ3v) is 3.86. The van der Waals surface area contributed by atoms with E-state index in [1.165, 1.54) is 0 Å². The third kappa shape index (κ3) is 3.66. The molecule has 1 rings (SSSR count). The number of nitriles is 1. The minimum Gasteiger partial charge on any atom is -0.465 e. The van der Waals surface area contributed by atoms with Gasteiger partial charge in [0, 0.05) is 6.42 Å². The summed E-state index contributed by atoms with van der Waals surface area (Å²) in [5.74, 6) is -1.23. The lowest BCUT2D eigenvalue weighted by Crippen LogP contribution is -2.34. The van der Waals surface area contributed by atoms with Crippen LogP contribution in [0, 0.1) is 16.7 Å². The SMILES string of the molecule is CCOC(=O)C1(C#N)CC=C(OS(=O)(=O)C(F)(F)F)CC1. The summed E-state index contributed by atoms with van der Waals surface area (Å²) in [4.78, 5) is 11.7. The number of hydrogen-bond donors (Lipinski definition) is 0. The Labute approximate surface area is 119 Å². The monoisotopic (exact) mass is 327 g/mol. The van der Waals surface area contributed by atoms with Crippen LogP contribution in [0.3, 0.4) is 0 Å². The van der Waals surface area contributed by atoms with E-state index in [1.54, 1.807) is 13.0 Å². The first kappa shape index (κ1) is 17.3. The van der Waals surface area contributed by atoms with Gasteiger partial charge in [0.05, 0.1) is 12.7 Å². The molecule has 10 heteroatoms. The average molecular weight is 327 g/mol. The summed E-state index contributed by atoms with van der Waals surface area (Å²) in [6.45, 7) is 1.60. The molecule has 0 spiro atoms. The van der Waals surface area contributed by atoms with Gasteiger partial charge in [0.1, 0.15) is 5.76 Å². The third-order valence-electron chi connectivity index (χ3n) is 2.86. The molecule has 0 aliphatic heterocycles. The molecule has 21 heavy (non-hydrogen) atoms. The van der Waals surface area contributed by atoms with Crippen molar-refractivity contribution in [3.05, 3.63) is 11.8 Å². The maximum Gasteiger partial charge on any atom is 0.534 e. The van der Waals surface area contributed by atoms with E-state index in [0.29, 0.717) is 0 Å². The van der Waals surface area contributed by atoms with Gasteiger partial charge in [-0.1, -0.05) is 0 Å². The van der Waals surface area contributed by atoms with E-state index in [2.05, 4.69) is 4.18 Å². The zero-order chi connectivity index (χ0) is 16.3. The van der Waals surface area contributed by atoms with Gasteiger partial charge in [0.25, 0.3) is 0 Å². The van der Waals surface area contributed by atoms with Crippen molar-refractivity contribution < 1.29 is 35.3 Å². The molecule has 0 saturated carbocycles. The van der Waals surface area contributed by atoms with Crippen LogP contribution in [0.15, 0.2) is 11.8 Å². The summed E-state index contributed by atoms with van der Waals surface area (Å²) >= 11 is 0. The van der Waals surface area contributed by atoms with Crippen molar-refractivity contribution in [3.8, 4) is 6.07 Å². The van der Waals surface area contributed by atoms with Crippen LogP contribution in [0.4, 0.5) is 13.2 Å². The summed E-state index contributed by atoms with van der Waals surface area (Å²) < 4.78 is 66.9. The fraction of sp³-hybridized carbons (Fsp3) is 0.636. The van der Waals surface area contributed by atoms with Gasteiger partial charge in [-0.25, -0.2) is 0 Å². The van der Waals surface area contributed by atoms with Crippen molar-refractivity contribution in [2.45, 2.75) is 31.7 Å². The highest BCUT2D eigenvalue weighted by Crippen LogP contribution is 2.38. The highest BCUT2D eigenvalue weighted by molar-refractivity contribution is 7.87. The molecule has 0 fully saturated rings. The first-order chi connectivity index (χ1) is 9.58. The molecule has 0 bridgehead atoms. The molecule has 118 valence electrons. The summed E-state index contributed by atoms with van der Waals surface area (Å²) in [7, 11) is -5.74. The smallest absolute Gasteiger partial charge is 0.465 e. The lowest BCUT2D eigenvalue weighted by atomic mass is 9.78. The van der Waals surface area contributed by atoms with E-state index in [4.69, 9.17) is 10.00 Å². The molecule has 0 aromatic carbocycles. The topological polar surface area (TPSA) is 93.5 Å². The second-order valence-corrected chi connectivity index (χ2v) is 5.81. The van der Waals surface area contributed by atoms with E-state index in [9.17, 15) is 26.4 Å². The Bertz CT molecular complexity index is 590. The van der Waals surface area contributed by atoms with E-state index in [0.717, 1.165) is 6.08 Å². The van der Waals surface area contributed by atoms with Gasteiger partial charge in [-0.05, 0) is 25.8 Å². The Morgan fingerprint density at radius 1 is 1.52 bits per heavy atom. The number of ether oxygens (including phenoxy) is 1. The van der Waals surface area contributed by atoms with Gasteiger partial charge >= 0.3 is 21.6 Å². The van der Waals surface area contributed by atoms with Gasteiger partial charge in [-0.15, -0.1) is 0 Å². The van der Waals surface area contributed by atoms with Crippen LogP contribution >= 0.6 is 0 Å². The number of nitrogens with zero attached hydrogens (tertiary/aromatic N) is 1. The van der Waals surface area contributed by atoms with Crippen molar-refractivity contribution in [2.75, 3.05) is 6.61 Å². The van der Waals surface area contributed by atoms with Crippen LogP contribution < -0.4 is 0 Å². The highest BCUT2D eigenvalue weighted by atomic mass is 32.2. The fourth-order valence-corrected chi connectivity index (χ4v) is 2.22. The van der Waals surface area contributed by atoms with Crippen LogP contribution in [0.5, 0.6) is 0 Å². The van der Waals surface area contributed by atoms with Crippen LogP contribution in [0.25, 0.3) is 0 Å². The number of rotatable bonds is 4. The number of hydrogen-bond acceptors (Lipinski definition) is 6. The number of halogens is 3. The minimum atomic E-state index is -5.74. The molecule has 0 aromatic rings. The Kier molecular flexibility index (Phi) is 4.88. The van der Waals surface area contributed by atoms with Crippen LogP contribution in [-0.4, -0.2) is 26.5 Å². The Morgan fingerprint density at radius 3 is 2.52 bits per heavy atom. The Balaban J connectivity index is 2.88. The molecule has 1 aliphatic carbocycles. The lowest BCUT2D eigenvalue weighted by Gasteiger charge is -2.27. The van der Waals surface area contributed by atoms with E-state index in [1.807, 2.05) is 0 Å². The predicted molar refractivity (Wildman–Crippen MR) is 62.7 cm³/mol. The maximum atomic E-state index is 12.2. The molecule has 1 aliphatic rings. The Morgan fingerprint density at radius 2 is 2.14 bits per heavy atom. The van der Waals surface area contributed by atoms with E-state index < -0.39 is 32.8 Å². The molecular formula is C11H12F3NO5S. The minimum absolute atomic E-state index is 0.0534. The van der Waals surface area contributed by atoms with Crippen molar-refractivity contribution in [1.29, 1.82) is 5.26 Å². The van der Waals surface area contributed by atoms with Crippen molar-refractivity contribution >= 4 is 16.1 Å². The first-order valence-corrected chi connectivity index (χ1v) is 7.27. The number of allylic oxidation sites excluding steroid dienone is 2. The summed E-state index contributed by atoms with van der Waals surface area (Å²) in [5, 5.41) is 9.07. The molecule has 0 saturated heterocycles. The summed E-state index contributed by atoms with van der Waals surface area (Å²) in [6, 6.07) is 1.77. The Hall–Kier alpha value is -1.76. The van der Waals surface area contributed by atoms with Gasteiger partial charge in [0.15, 0.2) is 5.41 Å². The van der Waals surface area contributed by atoms with Crippen LogP contribution in [0.1, 0.15) is 26.2 Å². The summed E-state index contributed by atoms with van der Waals surface area (Å²) in [5.41, 5.74) is -7.05. The predicted octanol–water partition coefficient (Wildman–Crippen LogP) is 1.99. The molecular weight excluding hydrogens is 315 g/mol. The largest absolute Gasteiger partial charge is 0.534 e. The molecule has 1 atom stereocenters. The zero-order valence-electron chi connectivity index (χ0n) is 10.9. The number of carbonyl (C=O) groups excluding carboxylic acids is 1. The van der Waals surface area contributed by atoms with Gasteiger partial charge in [-0.3, -0.25) is 4.79 Å². The van der Waals surface area contributed by atoms with Gasteiger partial charge in [0.2, 0.25) is 0 Å². The maximum absolute atomic E-state index is 12.2. The first-order valence-electron chi connectivity index (χ1n) is 5.86. The normalized spacial score (nSPS) is 22.9. The fourth-order valence-electron chi connectivity index (χ4n) is 1.69. The van der Waals surface area contributed by atoms with E-state index >= 15 is 0 Å². The standard InChI is InChI=1S/C11H12F3NO5S/c1-2-19-9(16)10(7-15)5-3-8(4-6-10)20-21(17,18)11(12,13)14/h3H,2,4-6H2,1H3. The van der Waals surface area contributed by atoms with Crippen LogP contribution in [0.2, 0.25) is 0 Å². The number of esters is 1. The molecule has 0 N–H and O–H groups in total. The molecule has 0 heterocycles. The van der Waals surface area contributed by atoms with E-state index in [-0.39, 0.29) is 25.9 Å². The molecule has 0 aromatic heterocycles. The van der Waals surface area contributed by atoms with Crippen molar-refractivity contribution in [3.63, 3.8) is 0 Å². The number of carbonyl (C=O) groups is 1. The van der Waals surface area contributed by atoms with Crippen LogP contribution in [-0.2, 0) is 23.8 Å². The van der Waals surface area contributed by atoms with Crippen molar-refractivity contribution in [2.24, 2.45) is 5.41 Å². The quantitative estimate of drug-likeness (QED) is 0.445. The molecule has 6 nitrogen and oxygen atoms in total. The highest BCUT2D eigenvalue weighted by Gasteiger charge is 2.50. The van der Waals surface area contributed by atoms with Gasteiger partial charge < -0.3 is 8.92 Å². The summed E-state index contributed by atoms with van der Waals surface area (Å²) in [6.07, 6.45) is 0.251. The molecule has 0 radical (unpaired) electrons. The second-order valence-electron chi connectivity index (χ2n) is 4.27. The van der Waals surface area contributed by atoms with Gasteiger partial charge in [-0.2, -0.15) is 26.9 Å². The second kappa shape index (κ2) is 5.93. The molecule has 0 amide bonds. The molecule has 1 unspecified atom stereocenters. The lowest BCUT2D eigenvalue weighted by molar-refractivity contribution is -0.152.